The Balaban J connectivity index is 1.72. The largest absolute Gasteiger partial charge is 0.335 e. The fourth-order valence-electron chi connectivity index (χ4n) is 4.20. The molecule has 1 fully saturated rings. The average Bonchev–Trinajstić information content (AvgIpc) is 2.76. The van der Waals surface area contributed by atoms with Crippen molar-refractivity contribution in [1.29, 1.82) is 0 Å². The lowest BCUT2D eigenvalue weighted by atomic mass is 10.0. The fourth-order valence-corrected chi connectivity index (χ4v) is 5.17. The zero-order valence-corrected chi connectivity index (χ0v) is 16.0. The monoisotopic (exact) mass is 348 g/mol. The summed E-state index contributed by atoms with van der Waals surface area (Å²) in [5, 5.41) is 0. The molecular formula is C20H32N2OS. The highest BCUT2D eigenvalue weighted by Crippen LogP contribution is 2.34. The molecule has 0 saturated heterocycles. The van der Waals surface area contributed by atoms with E-state index in [-0.39, 0.29) is 5.91 Å². The molecule has 0 atom stereocenters. The molecule has 0 aromatic carbocycles. The highest BCUT2D eigenvalue weighted by molar-refractivity contribution is 8.04. The van der Waals surface area contributed by atoms with Gasteiger partial charge in [0, 0.05) is 24.1 Å². The van der Waals surface area contributed by atoms with Crippen LogP contribution in [0.3, 0.4) is 0 Å². The van der Waals surface area contributed by atoms with Crippen molar-refractivity contribution in [2.24, 2.45) is 4.99 Å². The Bertz CT molecular complexity index is 500. The normalized spacial score (nSPS) is 25.6. The van der Waals surface area contributed by atoms with Crippen LogP contribution < -0.4 is 0 Å². The SMILES string of the molecule is CC1=NC2=C(SC1)C(=O)N(C1CCCCCCCCCC1)CCC2. The van der Waals surface area contributed by atoms with Crippen LogP contribution in [0.15, 0.2) is 15.6 Å². The number of thioether (sulfide) groups is 1. The third-order valence-electron chi connectivity index (χ3n) is 5.55. The van der Waals surface area contributed by atoms with Gasteiger partial charge in [0.2, 0.25) is 0 Å². The molecule has 4 heteroatoms. The van der Waals surface area contributed by atoms with Crippen LogP contribution >= 0.6 is 11.8 Å². The van der Waals surface area contributed by atoms with Crippen molar-refractivity contribution in [1.82, 2.24) is 4.90 Å². The number of aliphatic imine (C=N–C) groups is 1. The van der Waals surface area contributed by atoms with E-state index in [1.165, 1.54) is 64.2 Å². The number of nitrogens with zero attached hydrogens (tertiary/aromatic N) is 2. The smallest absolute Gasteiger partial charge is 0.262 e. The van der Waals surface area contributed by atoms with Crippen molar-refractivity contribution in [2.75, 3.05) is 12.3 Å². The molecule has 3 nitrogen and oxygen atoms in total. The average molecular weight is 349 g/mol. The molecule has 0 aromatic rings. The lowest BCUT2D eigenvalue weighted by Gasteiger charge is -2.32. The minimum atomic E-state index is 0.281. The van der Waals surface area contributed by atoms with Gasteiger partial charge in [-0.3, -0.25) is 9.79 Å². The standard InChI is InChI=1S/C20H32N2OS/c1-16-15-24-19-18(21-16)13-10-14-22(20(19)23)17-11-8-6-4-2-3-5-7-9-12-17/h17H,2-15H2,1H3. The molecule has 0 spiro atoms. The predicted octanol–water partition coefficient (Wildman–Crippen LogP) is 5.31. The van der Waals surface area contributed by atoms with Crippen molar-refractivity contribution in [3.63, 3.8) is 0 Å². The predicted molar refractivity (Wildman–Crippen MR) is 103 cm³/mol. The van der Waals surface area contributed by atoms with E-state index in [1.54, 1.807) is 11.8 Å². The molecule has 1 aliphatic carbocycles. The number of allylic oxidation sites excluding steroid dienone is 1. The fraction of sp³-hybridized carbons (Fsp3) is 0.800. The van der Waals surface area contributed by atoms with Gasteiger partial charge in [-0.2, -0.15) is 0 Å². The first kappa shape index (κ1) is 18.0. The summed E-state index contributed by atoms with van der Waals surface area (Å²) >= 11 is 1.72. The van der Waals surface area contributed by atoms with Gasteiger partial charge in [0.15, 0.2) is 0 Å². The number of carbonyl (C=O) groups is 1. The van der Waals surface area contributed by atoms with Crippen LogP contribution in [0.2, 0.25) is 0 Å². The first-order chi connectivity index (χ1) is 11.8. The third-order valence-corrected chi connectivity index (χ3v) is 6.81. The molecule has 1 amide bonds. The van der Waals surface area contributed by atoms with E-state index >= 15 is 0 Å². The van der Waals surface area contributed by atoms with Crippen LogP contribution in [-0.2, 0) is 4.79 Å². The van der Waals surface area contributed by atoms with Crippen LogP contribution in [0.4, 0.5) is 0 Å². The molecule has 134 valence electrons. The van der Waals surface area contributed by atoms with Crippen molar-refractivity contribution < 1.29 is 4.79 Å². The summed E-state index contributed by atoms with van der Waals surface area (Å²) < 4.78 is 0. The van der Waals surface area contributed by atoms with Crippen LogP contribution in [0.25, 0.3) is 0 Å². The van der Waals surface area contributed by atoms with E-state index < -0.39 is 0 Å². The maximum absolute atomic E-state index is 13.2. The highest BCUT2D eigenvalue weighted by atomic mass is 32.2. The summed E-state index contributed by atoms with van der Waals surface area (Å²) in [6.45, 7) is 3.00. The van der Waals surface area contributed by atoms with Crippen molar-refractivity contribution >= 4 is 23.4 Å². The van der Waals surface area contributed by atoms with Gasteiger partial charge in [0.1, 0.15) is 0 Å². The summed E-state index contributed by atoms with van der Waals surface area (Å²) in [4.78, 5) is 21.1. The minimum Gasteiger partial charge on any atom is -0.335 e. The van der Waals surface area contributed by atoms with E-state index in [0.29, 0.717) is 6.04 Å². The summed E-state index contributed by atoms with van der Waals surface area (Å²) in [5.41, 5.74) is 2.22. The number of hydrogen-bond acceptors (Lipinski definition) is 3. The third kappa shape index (κ3) is 4.65. The van der Waals surface area contributed by atoms with Crippen molar-refractivity contribution in [3.05, 3.63) is 10.6 Å². The summed E-state index contributed by atoms with van der Waals surface area (Å²) in [6.07, 6.45) is 15.2. The molecular weight excluding hydrogens is 316 g/mol. The van der Waals surface area contributed by atoms with Gasteiger partial charge in [-0.05, 0) is 32.6 Å². The van der Waals surface area contributed by atoms with Gasteiger partial charge in [-0.1, -0.05) is 51.4 Å². The van der Waals surface area contributed by atoms with Crippen LogP contribution in [0.1, 0.15) is 84.0 Å². The highest BCUT2D eigenvalue weighted by Gasteiger charge is 2.31. The van der Waals surface area contributed by atoms with Crippen LogP contribution in [-0.4, -0.2) is 34.9 Å². The second-order valence-electron chi connectivity index (χ2n) is 7.57. The zero-order valence-electron chi connectivity index (χ0n) is 15.2. The maximum atomic E-state index is 13.2. The van der Waals surface area contributed by atoms with Gasteiger partial charge in [0.25, 0.3) is 5.91 Å². The second kappa shape index (κ2) is 9.07. The number of rotatable bonds is 1. The number of amides is 1. The first-order valence-electron chi connectivity index (χ1n) is 9.97. The topological polar surface area (TPSA) is 32.7 Å². The Morgan fingerprint density at radius 2 is 1.58 bits per heavy atom. The molecule has 0 unspecified atom stereocenters. The zero-order chi connectivity index (χ0) is 16.8. The first-order valence-corrected chi connectivity index (χ1v) is 11.0. The Hall–Kier alpha value is -0.770. The molecule has 2 aliphatic heterocycles. The molecule has 0 bridgehead atoms. The maximum Gasteiger partial charge on any atom is 0.262 e. The van der Waals surface area contributed by atoms with E-state index in [1.807, 2.05) is 0 Å². The Labute approximate surface area is 151 Å². The van der Waals surface area contributed by atoms with Gasteiger partial charge in [0.05, 0.1) is 10.6 Å². The van der Waals surface area contributed by atoms with Gasteiger partial charge in [-0.15, -0.1) is 11.8 Å². The van der Waals surface area contributed by atoms with Gasteiger partial charge < -0.3 is 4.90 Å². The summed E-state index contributed by atoms with van der Waals surface area (Å²) in [5.74, 6) is 1.16. The Morgan fingerprint density at radius 1 is 0.958 bits per heavy atom. The molecule has 0 aromatic heterocycles. The van der Waals surface area contributed by atoms with Crippen molar-refractivity contribution in [3.8, 4) is 0 Å². The molecule has 0 radical (unpaired) electrons. The number of carbonyl (C=O) groups excluding carboxylic acids is 1. The van der Waals surface area contributed by atoms with E-state index in [4.69, 9.17) is 4.99 Å². The molecule has 0 N–H and O–H groups in total. The molecule has 1 saturated carbocycles. The van der Waals surface area contributed by atoms with Crippen molar-refractivity contribution in [2.45, 2.75) is 90.0 Å². The van der Waals surface area contributed by atoms with Gasteiger partial charge in [-0.25, -0.2) is 0 Å². The van der Waals surface area contributed by atoms with E-state index in [0.717, 1.165) is 41.5 Å². The molecule has 3 aliphatic rings. The lowest BCUT2D eigenvalue weighted by molar-refractivity contribution is -0.128. The quantitative estimate of drug-likeness (QED) is 0.643. The number of hydrogen-bond donors (Lipinski definition) is 0. The molecule has 2 heterocycles. The van der Waals surface area contributed by atoms with Gasteiger partial charge >= 0.3 is 0 Å². The van der Waals surface area contributed by atoms with Crippen LogP contribution in [0.5, 0.6) is 0 Å². The summed E-state index contributed by atoms with van der Waals surface area (Å²) in [7, 11) is 0. The molecule has 3 rings (SSSR count). The Morgan fingerprint density at radius 3 is 2.25 bits per heavy atom. The Kier molecular flexibility index (Phi) is 6.82. The van der Waals surface area contributed by atoms with E-state index in [9.17, 15) is 4.79 Å². The minimum absolute atomic E-state index is 0.281. The summed E-state index contributed by atoms with van der Waals surface area (Å²) in [6, 6.07) is 0.454. The lowest BCUT2D eigenvalue weighted by Crippen LogP contribution is -2.41. The molecule has 24 heavy (non-hydrogen) atoms. The second-order valence-corrected chi connectivity index (χ2v) is 8.56. The van der Waals surface area contributed by atoms with E-state index in [2.05, 4.69) is 11.8 Å². The van der Waals surface area contributed by atoms with Crippen LogP contribution in [0, 0.1) is 0 Å².